The minimum absolute atomic E-state index is 0.0371. The summed E-state index contributed by atoms with van der Waals surface area (Å²) in [6, 6.07) is 10.3. The fourth-order valence-corrected chi connectivity index (χ4v) is 3.98. The second-order valence-electron chi connectivity index (χ2n) is 6.74. The van der Waals surface area contributed by atoms with Crippen molar-refractivity contribution in [2.24, 2.45) is 0 Å². The molecule has 0 spiro atoms. The molecule has 3 aromatic rings. The van der Waals surface area contributed by atoms with Crippen molar-refractivity contribution < 1.29 is 18.3 Å². The number of aromatic nitrogens is 1. The molecule has 2 aromatic carbocycles. The molecule has 0 atom stereocenters. The van der Waals surface area contributed by atoms with E-state index in [0.29, 0.717) is 22.0 Å². The topological polar surface area (TPSA) is 93.4 Å². The van der Waals surface area contributed by atoms with Gasteiger partial charge in [-0.2, -0.15) is 0 Å². The molecule has 0 amide bonds. The van der Waals surface area contributed by atoms with E-state index in [4.69, 9.17) is 23.2 Å². The van der Waals surface area contributed by atoms with Crippen LogP contribution in [0.4, 0.5) is 0 Å². The fourth-order valence-electron chi connectivity index (χ4n) is 3.06. The highest BCUT2D eigenvalue weighted by atomic mass is 35.5. The number of fused-ring (bicyclic) bond motifs is 1. The Hall–Kier alpha value is -2.35. The Morgan fingerprint density at radius 2 is 1.90 bits per heavy atom. The number of nitrogens with zero attached hydrogens (tertiary/aromatic N) is 1. The second kappa shape index (κ2) is 8.18. The van der Waals surface area contributed by atoms with Crippen molar-refractivity contribution in [3.63, 3.8) is 0 Å². The van der Waals surface area contributed by atoms with Crippen molar-refractivity contribution >= 4 is 49.9 Å². The van der Waals surface area contributed by atoms with Crippen molar-refractivity contribution in [2.45, 2.75) is 13.0 Å². The Kier molecular flexibility index (Phi) is 6.03. The van der Waals surface area contributed by atoms with Gasteiger partial charge in [-0.1, -0.05) is 41.4 Å². The summed E-state index contributed by atoms with van der Waals surface area (Å²) in [5.74, 6) is -1.54. The van der Waals surface area contributed by atoms with E-state index in [0.717, 1.165) is 17.4 Å². The highest BCUT2D eigenvalue weighted by Gasteiger charge is 2.16. The zero-order chi connectivity index (χ0) is 21.3. The van der Waals surface area contributed by atoms with Gasteiger partial charge in [0, 0.05) is 24.4 Å². The molecule has 0 radical (unpaired) electrons. The first-order chi connectivity index (χ1) is 13.6. The standard InChI is InChI=1S/C20H17Cl2NO5S/c1-29(27,28)8-7-23-11-15(20(25)26)19(24)14-10-12(5-6-17(14)23)9-13-3-2-4-16(21)18(13)22/h2-6,10-11H,7-9H2,1H3,(H,25,26). The maximum absolute atomic E-state index is 12.7. The first-order valence-electron chi connectivity index (χ1n) is 8.57. The van der Waals surface area contributed by atoms with Crippen LogP contribution in [0.3, 0.4) is 0 Å². The van der Waals surface area contributed by atoms with Crippen LogP contribution in [0.15, 0.2) is 47.4 Å². The molecule has 0 fully saturated rings. The maximum atomic E-state index is 12.7. The van der Waals surface area contributed by atoms with Crippen molar-refractivity contribution in [1.29, 1.82) is 0 Å². The van der Waals surface area contributed by atoms with Crippen LogP contribution in [0.2, 0.25) is 10.0 Å². The maximum Gasteiger partial charge on any atom is 0.341 e. The van der Waals surface area contributed by atoms with Gasteiger partial charge >= 0.3 is 5.97 Å². The third-order valence-electron chi connectivity index (χ3n) is 4.50. The molecule has 1 N–H and O–H groups in total. The number of aromatic carboxylic acids is 1. The number of pyridine rings is 1. The van der Waals surface area contributed by atoms with Crippen LogP contribution >= 0.6 is 23.2 Å². The predicted molar refractivity (Wildman–Crippen MR) is 114 cm³/mol. The van der Waals surface area contributed by atoms with Gasteiger partial charge in [-0.3, -0.25) is 4.79 Å². The number of carboxylic acid groups (broad SMARTS) is 1. The first-order valence-corrected chi connectivity index (χ1v) is 11.4. The lowest BCUT2D eigenvalue weighted by Crippen LogP contribution is -2.21. The summed E-state index contributed by atoms with van der Waals surface area (Å²) in [7, 11) is -3.27. The van der Waals surface area contributed by atoms with E-state index in [-0.39, 0.29) is 17.7 Å². The van der Waals surface area contributed by atoms with Crippen molar-refractivity contribution in [2.75, 3.05) is 12.0 Å². The molecule has 9 heteroatoms. The van der Waals surface area contributed by atoms with Crippen LogP contribution in [0.1, 0.15) is 21.5 Å². The molecule has 6 nitrogen and oxygen atoms in total. The molecule has 1 heterocycles. The largest absolute Gasteiger partial charge is 0.477 e. The van der Waals surface area contributed by atoms with Gasteiger partial charge in [0.15, 0.2) is 0 Å². The SMILES string of the molecule is CS(=O)(=O)CCn1cc(C(=O)O)c(=O)c2cc(Cc3cccc(Cl)c3Cl)ccc21. The van der Waals surface area contributed by atoms with Gasteiger partial charge in [0.2, 0.25) is 5.43 Å². The fraction of sp³-hybridized carbons (Fsp3) is 0.200. The molecule has 0 aliphatic carbocycles. The lowest BCUT2D eigenvalue weighted by molar-refractivity contribution is 0.0695. The lowest BCUT2D eigenvalue weighted by Gasteiger charge is -2.13. The number of carboxylic acids is 1. The Balaban J connectivity index is 2.13. The molecule has 0 bridgehead atoms. The molecule has 0 unspecified atom stereocenters. The summed E-state index contributed by atoms with van der Waals surface area (Å²) in [5, 5.41) is 10.4. The average Bonchev–Trinajstić information content (AvgIpc) is 2.64. The quantitative estimate of drug-likeness (QED) is 0.614. The number of sulfone groups is 1. The molecular formula is C20H17Cl2NO5S. The van der Waals surface area contributed by atoms with Crippen LogP contribution in [-0.2, 0) is 22.8 Å². The zero-order valence-corrected chi connectivity index (χ0v) is 17.7. The van der Waals surface area contributed by atoms with Gasteiger partial charge in [-0.25, -0.2) is 13.2 Å². The summed E-state index contributed by atoms with van der Waals surface area (Å²) in [5.41, 5.74) is 0.942. The molecule has 0 aliphatic rings. The van der Waals surface area contributed by atoms with Crippen LogP contribution < -0.4 is 5.43 Å². The summed E-state index contributed by atoms with van der Waals surface area (Å²) >= 11 is 12.3. The van der Waals surface area contributed by atoms with Crippen LogP contribution in [0, 0.1) is 0 Å². The smallest absolute Gasteiger partial charge is 0.341 e. The Labute approximate surface area is 177 Å². The second-order valence-corrected chi connectivity index (χ2v) is 9.79. The number of hydrogen-bond acceptors (Lipinski definition) is 4. The van der Waals surface area contributed by atoms with E-state index in [1.54, 1.807) is 30.3 Å². The first kappa shape index (κ1) is 21.4. The number of benzene rings is 2. The number of rotatable bonds is 6. The van der Waals surface area contributed by atoms with Crippen LogP contribution in [0.5, 0.6) is 0 Å². The van der Waals surface area contributed by atoms with Gasteiger partial charge in [0.25, 0.3) is 0 Å². The third kappa shape index (κ3) is 4.80. The number of carbonyl (C=O) groups is 1. The minimum atomic E-state index is -3.27. The molecule has 152 valence electrons. The summed E-state index contributed by atoms with van der Waals surface area (Å²) in [6.07, 6.45) is 2.68. The molecule has 29 heavy (non-hydrogen) atoms. The van der Waals surface area contributed by atoms with E-state index in [2.05, 4.69) is 0 Å². The monoisotopic (exact) mass is 453 g/mol. The predicted octanol–water partition coefficient (Wildman–Crippen LogP) is 3.64. The van der Waals surface area contributed by atoms with E-state index in [9.17, 15) is 23.1 Å². The van der Waals surface area contributed by atoms with E-state index in [1.165, 1.54) is 10.8 Å². The zero-order valence-electron chi connectivity index (χ0n) is 15.4. The third-order valence-corrected chi connectivity index (χ3v) is 6.29. The molecule has 0 aliphatic heterocycles. The van der Waals surface area contributed by atoms with Crippen molar-refractivity contribution in [3.05, 3.63) is 79.6 Å². The molecule has 0 saturated heterocycles. The highest BCUT2D eigenvalue weighted by molar-refractivity contribution is 7.90. The normalized spacial score (nSPS) is 11.7. The Morgan fingerprint density at radius 1 is 1.17 bits per heavy atom. The van der Waals surface area contributed by atoms with Crippen LogP contribution in [-0.4, -0.2) is 36.1 Å². The molecular weight excluding hydrogens is 437 g/mol. The van der Waals surface area contributed by atoms with Gasteiger partial charge in [-0.05, 0) is 35.7 Å². The summed E-state index contributed by atoms with van der Waals surface area (Å²) in [4.78, 5) is 24.2. The number of hydrogen-bond donors (Lipinski definition) is 1. The summed E-state index contributed by atoms with van der Waals surface area (Å²) in [6.45, 7) is 0.0371. The van der Waals surface area contributed by atoms with Gasteiger partial charge in [0.1, 0.15) is 15.4 Å². The van der Waals surface area contributed by atoms with Crippen molar-refractivity contribution in [3.8, 4) is 0 Å². The van der Waals surface area contributed by atoms with E-state index in [1.807, 2.05) is 6.07 Å². The number of halogens is 2. The number of aryl methyl sites for hydroxylation is 1. The molecule has 3 rings (SSSR count). The minimum Gasteiger partial charge on any atom is -0.477 e. The van der Waals surface area contributed by atoms with Crippen LogP contribution in [0.25, 0.3) is 10.9 Å². The Morgan fingerprint density at radius 3 is 2.55 bits per heavy atom. The highest BCUT2D eigenvalue weighted by Crippen LogP contribution is 2.28. The molecule has 1 aromatic heterocycles. The average molecular weight is 454 g/mol. The van der Waals surface area contributed by atoms with Gasteiger partial charge in [-0.15, -0.1) is 0 Å². The summed E-state index contributed by atoms with van der Waals surface area (Å²) < 4.78 is 24.5. The van der Waals surface area contributed by atoms with Gasteiger partial charge < -0.3 is 9.67 Å². The Bertz CT molecular complexity index is 1280. The van der Waals surface area contributed by atoms with Crippen molar-refractivity contribution in [1.82, 2.24) is 4.57 Å². The lowest BCUT2D eigenvalue weighted by atomic mass is 10.0. The molecule has 0 saturated carbocycles. The van der Waals surface area contributed by atoms with E-state index < -0.39 is 26.8 Å². The van der Waals surface area contributed by atoms with Gasteiger partial charge in [0.05, 0.1) is 21.3 Å². The van der Waals surface area contributed by atoms with E-state index >= 15 is 0 Å².